The van der Waals surface area contributed by atoms with Gasteiger partial charge in [0, 0.05) is 16.3 Å². The summed E-state index contributed by atoms with van der Waals surface area (Å²) in [5.74, 6) is 1.85. The molecule has 29 heavy (non-hydrogen) atoms. The van der Waals surface area contributed by atoms with Crippen molar-refractivity contribution in [1.29, 1.82) is 0 Å². The lowest BCUT2D eigenvalue weighted by atomic mass is 10.1. The molecule has 1 aromatic heterocycles. The fourth-order valence-corrected chi connectivity index (χ4v) is 3.79. The lowest BCUT2D eigenvalue weighted by molar-refractivity contribution is -0.137. The molecule has 1 aliphatic rings. The van der Waals surface area contributed by atoms with E-state index < -0.39 is 11.7 Å². The Bertz CT molecular complexity index is 1030. The maximum atomic E-state index is 13.4. The van der Waals surface area contributed by atoms with Gasteiger partial charge in [0.2, 0.25) is 0 Å². The summed E-state index contributed by atoms with van der Waals surface area (Å²) in [5, 5.41) is 11.1. The molecule has 0 bridgehead atoms. The number of hydrogen-bond donors (Lipinski definition) is 0. The van der Waals surface area contributed by atoms with Crippen molar-refractivity contribution in [2.45, 2.75) is 23.2 Å². The van der Waals surface area contributed by atoms with E-state index in [0.29, 0.717) is 24.7 Å². The van der Waals surface area contributed by atoms with Gasteiger partial charge in [-0.1, -0.05) is 11.6 Å². The zero-order valence-corrected chi connectivity index (χ0v) is 16.4. The van der Waals surface area contributed by atoms with Crippen LogP contribution in [0.25, 0.3) is 5.69 Å². The Labute approximate surface area is 172 Å². The highest BCUT2D eigenvalue weighted by Crippen LogP contribution is 2.37. The molecule has 6 nitrogen and oxygen atoms in total. The van der Waals surface area contributed by atoms with E-state index in [1.165, 1.54) is 23.9 Å². The number of tetrazole rings is 1. The lowest BCUT2D eigenvalue weighted by Gasteiger charge is -2.14. The van der Waals surface area contributed by atoms with E-state index >= 15 is 0 Å². The molecule has 11 heteroatoms. The molecule has 152 valence electrons. The Morgan fingerprint density at radius 1 is 1.07 bits per heavy atom. The second-order valence-corrected chi connectivity index (χ2v) is 7.60. The van der Waals surface area contributed by atoms with Crippen molar-refractivity contribution >= 4 is 23.4 Å². The molecular weight excluding hydrogens is 429 g/mol. The average molecular weight is 443 g/mol. The van der Waals surface area contributed by atoms with E-state index in [-0.39, 0.29) is 22.3 Å². The molecule has 2 aromatic carbocycles. The third kappa shape index (κ3) is 4.43. The van der Waals surface area contributed by atoms with Crippen LogP contribution < -0.4 is 9.47 Å². The van der Waals surface area contributed by atoms with Crippen LogP contribution in [0.5, 0.6) is 11.5 Å². The van der Waals surface area contributed by atoms with Gasteiger partial charge in [-0.2, -0.15) is 17.9 Å². The van der Waals surface area contributed by atoms with Crippen LogP contribution in [-0.4, -0.2) is 33.4 Å². The van der Waals surface area contributed by atoms with Crippen LogP contribution in [0.2, 0.25) is 5.02 Å². The Balaban J connectivity index is 1.58. The van der Waals surface area contributed by atoms with Gasteiger partial charge in [-0.05, 0) is 46.8 Å². The molecule has 0 fully saturated rings. The molecule has 0 radical (unpaired) electrons. The van der Waals surface area contributed by atoms with E-state index in [4.69, 9.17) is 21.1 Å². The Kier molecular flexibility index (Phi) is 5.55. The number of thioether (sulfide) groups is 1. The van der Waals surface area contributed by atoms with Crippen molar-refractivity contribution in [2.75, 3.05) is 13.2 Å². The maximum Gasteiger partial charge on any atom is 0.418 e. The van der Waals surface area contributed by atoms with Gasteiger partial charge in [0.25, 0.3) is 0 Å². The van der Waals surface area contributed by atoms with Gasteiger partial charge in [0.1, 0.15) is 0 Å². The van der Waals surface area contributed by atoms with Crippen molar-refractivity contribution < 1.29 is 22.6 Å². The van der Waals surface area contributed by atoms with Crippen LogP contribution in [0.15, 0.2) is 41.3 Å². The molecule has 0 spiro atoms. The van der Waals surface area contributed by atoms with Gasteiger partial charge in [0.15, 0.2) is 17.3 Å². The number of aromatic nitrogens is 4. The number of nitrogens with zero attached hydrogens (tertiary/aromatic N) is 4. The van der Waals surface area contributed by atoms with Crippen molar-refractivity contribution in [3.8, 4) is 17.2 Å². The van der Waals surface area contributed by atoms with Crippen LogP contribution in [0.1, 0.15) is 17.8 Å². The third-order valence-corrected chi connectivity index (χ3v) is 5.34. The zero-order valence-electron chi connectivity index (χ0n) is 14.8. The van der Waals surface area contributed by atoms with E-state index in [9.17, 15) is 13.2 Å². The molecule has 0 N–H and O–H groups in total. The fraction of sp³-hybridized carbons (Fsp3) is 0.278. The summed E-state index contributed by atoms with van der Waals surface area (Å²) in [6.45, 7) is 1.16. The van der Waals surface area contributed by atoms with Crippen LogP contribution in [0, 0.1) is 0 Å². The third-order valence-electron chi connectivity index (χ3n) is 4.11. The minimum atomic E-state index is -4.59. The monoisotopic (exact) mass is 442 g/mol. The summed E-state index contributed by atoms with van der Waals surface area (Å²) in [4.78, 5) is 0.857. The SMILES string of the molecule is FC(F)(F)c1cc(Cl)ccc1-n1nnnc1CSc1ccc2c(c1)OCCCO2. The van der Waals surface area contributed by atoms with Crippen LogP contribution in [0.4, 0.5) is 13.2 Å². The molecule has 0 unspecified atom stereocenters. The molecule has 1 aliphatic heterocycles. The number of halogens is 4. The fourth-order valence-electron chi connectivity index (χ4n) is 2.78. The molecule has 0 saturated heterocycles. The number of fused-ring (bicyclic) bond motifs is 1. The van der Waals surface area contributed by atoms with E-state index in [2.05, 4.69) is 15.5 Å². The predicted molar refractivity (Wildman–Crippen MR) is 101 cm³/mol. The van der Waals surface area contributed by atoms with Crippen LogP contribution in [0.3, 0.4) is 0 Å². The standard InChI is InChI=1S/C18H14ClF3N4O2S/c19-11-2-4-14(13(8-11)18(20,21)22)26-17(23-24-25-26)10-29-12-3-5-15-16(9-12)28-7-1-6-27-15/h2-5,8-9H,1,6-7,10H2. The van der Waals surface area contributed by atoms with Gasteiger partial charge in [-0.3, -0.25) is 0 Å². The van der Waals surface area contributed by atoms with E-state index in [1.54, 1.807) is 0 Å². The van der Waals surface area contributed by atoms with Gasteiger partial charge >= 0.3 is 6.18 Å². The first kappa shape index (κ1) is 19.8. The highest BCUT2D eigenvalue weighted by Gasteiger charge is 2.35. The number of ether oxygens (including phenoxy) is 2. The molecule has 3 aromatic rings. The first-order chi connectivity index (χ1) is 13.9. The topological polar surface area (TPSA) is 62.1 Å². The van der Waals surface area contributed by atoms with Crippen molar-refractivity contribution in [3.63, 3.8) is 0 Å². The summed E-state index contributed by atoms with van der Waals surface area (Å²) in [6.07, 6.45) is -3.79. The minimum Gasteiger partial charge on any atom is -0.490 e. The number of benzene rings is 2. The molecule has 0 atom stereocenters. The van der Waals surface area contributed by atoms with Gasteiger partial charge < -0.3 is 9.47 Å². The van der Waals surface area contributed by atoms with Gasteiger partial charge in [-0.15, -0.1) is 16.9 Å². The first-order valence-electron chi connectivity index (χ1n) is 8.58. The molecule has 0 aliphatic carbocycles. The highest BCUT2D eigenvalue weighted by atomic mass is 35.5. The van der Waals surface area contributed by atoms with E-state index in [0.717, 1.165) is 22.1 Å². The summed E-state index contributed by atoms with van der Waals surface area (Å²) >= 11 is 7.12. The number of rotatable bonds is 4. The van der Waals surface area contributed by atoms with Gasteiger partial charge in [-0.25, -0.2) is 0 Å². The Morgan fingerprint density at radius 2 is 1.86 bits per heavy atom. The summed E-state index contributed by atoms with van der Waals surface area (Å²) < 4.78 is 52.6. The van der Waals surface area contributed by atoms with Crippen molar-refractivity contribution in [2.24, 2.45) is 0 Å². The minimum absolute atomic E-state index is 0.0164. The molecular formula is C18H14ClF3N4O2S. The number of alkyl halides is 3. The maximum absolute atomic E-state index is 13.4. The Morgan fingerprint density at radius 3 is 2.66 bits per heavy atom. The van der Waals surface area contributed by atoms with Crippen LogP contribution in [-0.2, 0) is 11.9 Å². The lowest BCUT2D eigenvalue weighted by Crippen LogP contribution is -2.13. The second-order valence-electron chi connectivity index (χ2n) is 6.11. The molecule has 4 rings (SSSR count). The van der Waals surface area contributed by atoms with Crippen LogP contribution >= 0.6 is 23.4 Å². The molecule has 0 saturated carbocycles. The number of hydrogen-bond acceptors (Lipinski definition) is 6. The molecule has 0 amide bonds. The average Bonchev–Trinajstić information content (AvgIpc) is 3.02. The van der Waals surface area contributed by atoms with Crippen molar-refractivity contribution in [1.82, 2.24) is 20.2 Å². The first-order valence-corrected chi connectivity index (χ1v) is 9.95. The largest absolute Gasteiger partial charge is 0.490 e. The van der Waals surface area contributed by atoms with Gasteiger partial charge in [0.05, 0.1) is 30.2 Å². The highest BCUT2D eigenvalue weighted by molar-refractivity contribution is 7.98. The normalized spacial score (nSPS) is 13.9. The second kappa shape index (κ2) is 8.11. The Hall–Kier alpha value is -2.46. The van der Waals surface area contributed by atoms with Crippen molar-refractivity contribution in [3.05, 3.63) is 52.8 Å². The molecule has 2 heterocycles. The summed E-state index contributed by atoms with van der Waals surface area (Å²) in [5.41, 5.74) is -1.08. The quantitative estimate of drug-likeness (QED) is 0.541. The summed E-state index contributed by atoms with van der Waals surface area (Å²) in [6, 6.07) is 8.99. The summed E-state index contributed by atoms with van der Waals surface area (Å²) in [7, 11) is 0. The predicted octanol–water partition coefficient (Wildman–Crippen LogP) is 4.79. The zero-order chi connectivity index (χ0) is 20.4. The smallest absolute Gasteiger partial charge is 0.418 e. The van der Waals surface area contributed by atoms with E-state index in [1.807, 2.05) is 18.2 Å².